The molecule has 2 heterocycles. The summed E-state index contributed by atoms with van der Waals surface area (Å²) in [6, 6.07) is 0. The van der Waals surface area contributed by atoms with Crippen LogP contribution in [0.1, 0.15) is 18.2 Å². The van der Waals surface area contributed by atoms with Gasteiger partial charge in [0.15, 0.2) is 0 Å². The summed E-state index contributed by atoms with van der Waals surface area (Å²) in [4.78, 5) is 0. The lowest BCUT2D eigenvalue weighted by Crippen LogP contribution is -2.44. The summed E-state index contributed by atoms with van der Waals surface area (Å²) >= 11 is 0. The van der Waals surface area contributed by atoms with Crippen LogP contribution in [-0.4, -0.2) is 23.3 Å². The third-order valence-electron chi connectivity index (χ3n) is 2.82. The predicted molar refractivity (Wildman–Crippen MR) is 37.0 cm³/mol. The maximum atomic E-state index is 5.14. The summed E-state index contributed by atoms with van der Waals surface area (Å²) in [6.07, 6.45) is 2.63. The van der Waals surface area contributed by atoms with E-state index in [4.69, 9.17) is 4.42 Å². The minimum atomic E-state index is 0.506. The second-order valence-corrected chi connectivity index (χ2v) is 3.50. The van der Waals surface area contributed by atoms with E-state index in [1.165, 1.54) is 12.8 Å². The molecular formula is C7H9N3O. The zero-order valence-electron chi connectivity index (χ0n) is 6.08. The molecule has 4 nitrogen and oxygen atoms in total. The highest BCUT2D eigenvalue weighted by molar-refractivity contribution is 5.21. The average Bonchev–Trinajstić information content (AvgIpc) is 2.50. The zero-order chi connectivity index (χ0) is 7.31. The molecule has 1 spiro atoms. The topological polar surface area (TPSA) is 51.0 Å². The van der Waals surface area contributed by atoms with Crippen molar-refractivity contribution in [2.24, 2.45) is 5.41 Å². The van der Waals surface area contributed by atoms with Gasteiger partial charge < -0.3 is 9.73 Å². The van der Waals surface area contributed by atoms with Crippen molar-refractivity contribution in [2.75, 3.05) is 13.1 Å². The maximum absolute atomic E-state index is 5.14. The highest BCUT2D eigenvalue weighted by Crippen LogP contribution is 2.60. The average molecular weight is 151 g/mol. The van der Waals surface area contributed by atoms with Crippen LogP contribution < -0.4 is 5.32 Å². The van der Waals surface area contributed by atoms with E-state index in [1.807, 2.05) is 0 Å². The number of hydrogen-bond acceptors (Lipinski definition) is 4. The van der Waals surface area contributed by atoms with Crippen LogP contribution in [0.3, 0.4) is 0 Å². The second kappa shape index (κ2) is 1.64. The van der Waals surface area contributed by atoms with E-state index < -0.39 is 0 Å². The van der Waals surface area contributed by atoms with Crippen molar-refractivity contribution in [3.05, 3.63) is 12.3 Å². The van der Waals surface area contributed by atoms with Crippen molar-refractivity contribution in [1.82, 2.24) is 15.5 Å². The van der Waals surface area contributed by atoms with Crippen molar-refractivity contribution >= 4 is 0 Å². The van der Waals surface area contributed by atoms with Crippen molar-refractivity contribution in [2.45, 2.75) is 12.3 Å². The lowest BCUT2D eigenvalue weighted by Gasteiger charge is -2.27. The van der Waals surface area contributed by atoms with Crippen molar-refractivity contribution in [1.29, 1.82) is 0 Å². The van der Waals surface area contributed by atoms with Gasteiger partial charge >= 0.3 is 0 Å². The van der Waals surface area contributed by atoms with Gasteiger partial charge in [-0.25, -0.2) is 0 Å². The van der Waals surface area contributed by atoms with Gasteiger partial charge in [0.1, 0.15) is 0 Å². The Balaban J connectivity index is 1.84. The lowest BCUT2D eigenvalue weighted by atomic mass is 9.97. The summed E-state index contributed by atoms with van der Waals surface area (Å²) in [5.41, 5.74) is 0.506. The van der Waals surface area contributed by atoms with Crippen molar-refractivity contribution in [3.63, 3.8) is 0 Å². The first-order chi connectivity index (χ1) is 5.41. The molecule has 3 rings (SSSR count). The smallest absolute Gasteiger partial charge is 0.219 e. The minimum Gasteiger partial charge on any atom is -0.428 e. The van der Waals surface area contributed by atoms with Crippen LogP contribution >= 0.6 is 0 Å². The third-order valence-corrected chi connectivity index (χ3v) is 2.82. The number of nitrogens with zero attached hydrogens (tertiary/aromatic N) is 2. The van der Waals surface area contributed by atoms with E-state index in [0.717, 1.165) is 19.0 Å². The zero-order valence-corrected chi connectivity index (χ0v) is 6.08. The number of nitrogens with one attached hydrogen (secondary N) is 1. The van der Waals surface area contributed by atoms with Gasteiger partial charge in [0.05, 0.1) is 0 Å². The molecule has 1 aromatic rings. The molecular weight excluding hydrogens is 142 g/mol. The Morgan fingerprint density at radius 2 is 2.55 bits per heavy atom. The Hall–Kier alpha value is -0.900. The Labute approximate surface area is 64.0 Å². The summed E-state index contributed by atoms with van der Waals surface area (Å²) in [6.45, 7) is 2.25. The number of rotatable bonds is 1. The normalized spacial score (nSPS) is 31.8. The predicted octanol–water partition coefficient (Wildman–Crippen LogP) is 0.146. The minimum absolute atomic E-state index is 0.506. The van der Waals surface area contributed by atoms with E-state index in [-0.39, 0.29) is 0 Å². The highest BCUT2D eigenvalue weighted by Gasteiger charge is 2.60. The summed E-state index contributed by atoms with van der Waals surface area (Å²) in [5.74, 6) is 1.37. The summed E-state index contributed by atoms with van der Waals surface area (Å²) < 4.78 is 5.14. The molecule has 1 atom stereocenters. The van der Waals surface area contributed by atoms with Gasteiger partial charge in [-0.2, -0.15) is 0 Å². The van der Waals surface area contributed by atoms with E-state index in [2.05, 4.69) is 15.5 Å². The Morgan fingerprint density at radius 3 is 3.00 bits per heavy atom. The van der Waals surface area contributed by atoms with Gasteiger partial charge in [-0.1, -0.05) is 0 Å². The summed E-state index contributed by atoms with van der Waals surface area (Å²) in [5, 5.41) is 10.8. The quantitative estimate of drug-likeness (QED) is 0.620. The fourth-order valence-electron chi connectivity index (χ4n) is 1.87. The number of aromatic nitrogens is 2. The first-order valence-corrected chi connectivity index (χ1v) is 3.87. The van der Waals surface area contributed by atoms with Crippen LogP contribution in [0.4, 0.5) is 0 Å². The molecule has 4 heteroatoms. The van der Waals surface area contributed by atoms with Crippen LogP contribution in [0.25, 0.3) is 0 Å². The SMILES string of the molecule is c1nnc(C2CC23CNC3)o1. The lowest BCUT2D eigenvalue weighted by molar-refractivity contribution is 0.299. The van der Waals surface area contributed by atoms with Gasteiger partial charge in [0.2, 0.25) is 12.3 Å². The molecule has 0 amide bonds. The van der Waals surface area contributed by atoms with Gasteiger partial charge in [-0.15, -0.1) is 10.2 Å². The van der Waals surface area contributed by atoms with Crippen LogP contribution in [0.15, 0.2) is 10.8 Å². The first-order valence-electron chi connectivity index (χ1n) is 3.87. The monoisotopic (exact) mass is 151 g/mol. The van der Waals surface area contributed by atoms with Gasteiger partial charge in [-0.05, 0) is 6.42 Å². The molecule has 0 radical (unpaired) electrons. The molecule has 11 heavy (non-hydrogen) atoms. The third kappa shape index (κ3) is 0.625. The molecule has 1 N–H and O–H groups in total. The fraction of sp³-hybridized carbons (Fsp3) is 0.714. The van der Waals surface area contributed by atoms with E-state index in [0.29, 0.717) is 11.3 Å². The fourth-order valence-corrected chi connectivity index (χ4v) is 1.87. The highest BCUT2D eigenvalue weighted by atomic mass is 16.4. The summed E-state index contributed by atoms with van der Waals surface area (Å²) in [7, 11) is 0. The first kappa shape index (κ1) is 5.71. The molecule has 0 bridgehead atoms. The Kier molecular flexibility index (Phi) is 0.850. The molecule has 2 aliphatic rings. The molecule has 1 aliphatic carbocycles. The molecule has 1 saturated heterocycles. The van der Waals surface area contributed by atoms with Gasteiger partial charge in [-0.3, -0.25) is 0 Å². The largest absolute Gasteiger partial charge is 0.428 e. The standard InChI is InChI=1S/C7H9N3O/c1-5(6-10-9-4-11-6)7(1)2-8-3-7/h4-5,8H,1-3H2. The molecule has 58 valence electrons. The van der Waals surface area contributed by atoms with Crippen LogP contribution in [-0.2, 0) is 0 Å². The molecule has 1 saturated carbocycles. The van der Waals surface area contributed by atoms with E-state index in [1.54, 1.807) is 0 Å². The Bertz CT molecular complexity index is 265. The van der Waals surface area contributed by atoms with Gasteiger partial charge in [0.25, 0.3) is 0 Å². The second-order valence-electron chi connectivity index (χ2n) is 3.50. The molecule has 0 aromatic carbocycles. The molecule has 1 unspecified atom stereocenters. The molecule has 1 aliphatic heterocycles. The Morgan fingerprint density at radius 1 is 1.64 bits per heavy atom. The van der Waals surface area contributed by atoms with Crippen LogP contribution in [0.5, 0.6) is 0 Å². The van der Waals surface area contributed by atoms with E-state index in [9.17, 15) is 0 Å². The van der Waals surface area contributed by atoms with Crippen LogP contribution in [0.2, 0.25) is 0 Å². The van der Waals surface area contributed by atoms with Gasteiger partial charge in [0, 0.05) is 24.4 Å². The molecule has 2 fully saturated rings. The van der Waals surface area contributed by atoms with Crippen LogP contribution in [0, 0.1) is 5.41 Å². The maximum Gasteiger partial charge on any atom is 0.219 e. The van der Waals surface area contributed by atoms with Crippen molar-refractivity contribution in [3.8, 4) is 0 Å². The van der Waals surface area contributed by atoms with Crippen molar-refractivity contribution < 1.29 is 4.42 Å². The molecule has 1 aromatic heterocycles. The van der Waals surface area contributed by atoms with E-state index >= 15 is 0 Å². The number of hydrogen-bond donors (Lipinski definition) is 1.